The smallest absolute Gasteiger partial charge is 0.319 e. The Bertz CT molecular complexity index is 770. The molecule has 2 rings (SSSR count). The van der Waals surface area contributed by atoms with E-state index in [0.29, 0.717) is 12.2 Å². The number of rotatable bonds is 7. The summed E-state index contributed by atoms with van der Waals surface area (Å²) in [6.45, 7) is 1.73. The lowest BCUT2D eigenvalue weighted by molar-refractivity contribution is -0.114. The summed E-state index contributed by atoms with van der Waals surface area (Å²) in [4.78, 5) is 23.8. The summed E-state index contributed by atoms with van der Waals surface area (Å²) >= 11 is 1.57. The van der Waals surface area contributed by atoms with Gasteiger partial charge >= 0.3 is 6.03 Å². The van der Waals surface area contributed by atoms with Crippen LogP contribution in [0.4, 0.5) is 25.0 Å². The van der Waals surface area contributed by atoms with E-state index in [1.807, 2.05) is 0 Å². The summed E-state index contributed by atoms with van der Waals surface area (Å²) in [6.07, 6.45) is 0.732. The molecule has 5 nitrogen and oxygen atoms in total. The number of nitrogens with one attached hydrogen (secondary N) is 3. The molecule has 0 spiro atoms. The molecule has 0 atom stereocenters. The fourth-order valence-electron chi connectivity index (χ4n) is 2.06. The Morgan fingerprint density at radius 1 is 1.04 bits per heavy atom. The van der Waals surface area contributed by atoms with Gasteiger partial charge < -0.3 is 16.0 Å². The van der Waals surface area contributed by atoms with Crippen LogP contribution in [0.2, 0.25) is 0 Å². The van der Waals surface area contributed by atoms with Crippen molar-refractivity contribution >= 4 is 35.1 Å². The first-order valence-corrected chi connectivity index (χ1v) is 8.93. The van der Waals surface area contributed by atoms with Gasteiger partial charge in [-0.3, -0.25) is 4.79 Å². The molecule has 0 bridgehead atoms. The van der Waals surface area contributed by atoms with Crippen LogP contribution in [-0.2, 0) is 4.79 Å². The number of benzene rings is 2. The molecule has 2 aromatic carbocycles. The molecule has 0 unspecified atom stereocenters. The van der Waals surface area contributed by atoms with Crippen molar-refractivity contribution in [2.75, 3.05) is 22.9 Å². The highest BCUT2D eigenvalue weighted by Crippen LogP contribution is 2.20. The number of thioether (sulfide) groups is 1. The van der Waals surface area contributed by atoms with Gasteiger partial charge in [0.2, 0.25) is 5.91 Å². The van der Waals surface area contributed by atoms with Crippen LogP contribution in [0.15, 0.2) is 47.4 Å². The molecule has 0 saturated heterocycles. The Morgan fingerprint density at radius 3 is 2.46 bits per heavy atom. The van der Waals surface area contributed by atoms with Crippen molar-refractivity contribution in [3.63, 3.8) is 0 Å². The maximum absolute atomic E-state index is 13.6. The molecule has 0 aliphatic heterocycles. The number of carbonyl (C=O) groups is 2. The van der Waals surface area contributed by atoms with Crippen molar-refractivity contribution in [2.24, 2.45) is 0 Å². The summed E-state index contributed by atoms with van der Waals surface area (Å²) in [5, 5.41) is 7.63. The minimum absolute atomic E-state index is 0.00555. The van der Waals surface area contributed by atoms with Crippen molar-refractivity contribution in [1.29, 1.82) is 0 Å². The van der Waals surface area contributed by atoms with E-state index in [2.05, 4.69) is 16.0 Å². The molecule has 3 N–H and O–H groups in total. The maximum Gasteiger partial charge on any atom is 0.319 e. The van der Waals surface area contributed by atoms with Crippen LogP contribution < -0.4 is 16.0 Å². The Kier molecular flexibility index (Phi) is 7.40. The summed E-state index contributed by atoms with van der Waals surface area (Å²) in [6, 6.07) is 9.74. The number of hydrogen-bond donors (Lipinski definition) is 3. The van der Waals surface area contributed by atoms with Crippen LogP contribution in [0.1, 0.15) is 13.3 Å². The van der Waals surface area contributed by atoms with Crippen molar-refractivity contribution < 1.29 is 18.4 Å². The topological polar surface area (TPSA) is 70.2 Å². The number of carbonyl (C=O) groups excluding carboxylic acids is 2. The van der Waals surface area contributed by atoms with Crippen molar-refractivity contribution in [3.8, 4) is 0 Å². The molecule has 0 fully saturated rings. The predicted molar refractivity (Wildman–Crippen MR) is 99.5 cm³/mol. The van der Waals surface area contributed by atoms with Crippen LogP contribution in [0, 0.1) is 11.6 Å². The zero-order valence-electron chi connectivity index (χ0n) is 14.1. The Morgan fingerprint density at radius 2 is 1.77 bits per heavy atom. The number of anilines is 2. The predicted octanol–water partition coefficient (Wildman–Crippen LogP) is 4.23. The van der Waals surface area contributed by atoms with E-state index in [0.717, 1.165) is 17.1 Å². The van der Waals surface area contributed by atoms with Crippen LogP contribution >= 0.6 is 11.8 Å². The normalized spacial score (nSPS) is 10.3. The largest absolute Gasteiger partial charge is 0.338 e. The summed E-state index contributed by atoms with van der Waals surface area (Å²) in [5.74, 6) is -0.474. The molecule has 8 heteroatoms. The van der Waals surface area contributed by atoms with E-state index in [4.69, 9.17) is 0 Å². The van der Waals surface area contributed by atoms with Crippen LogP contribution in [-0.4, -0.2) is 24.2 Å². The molecule has 26 heavy (non-hydrogen) atoms. The van der Waals surface area contributed by atoms with Gasteiger partial charge in [-0.1, -0.05) is 0 Å². The Hall–Kier alpha value is -2.61. The third-order valence-corrected chi connectivity index (χ3v) is 4.32. The lowest BCUT2D eigenvalue weighted by atomic mass is 10.2. The van der Waals surface area contributed by atoms with Gasteiger partial charge in [-0.15, -0.1) is 11.8 Å². The van der Waals surface area contributed by atoms with E-state index in [9.17, 15) is 18.4 Å². The highest BCUT2D eigenvalue weighted by Gasteiger charge is 2.07. The number of amides is 3. The molecule has 0 heterocycles. The summed E-state index contributed by atoms with van der Waals surface area (Å²) < 4.78 is 26.4. The molecule has 3 amide bonds. The molecule has 0 saturated carbocycles. The summed E-state index contributed by atoms with van der Waals surface area (Å²) in [7, 11) is 0. The summed E-state index contributed by atoms with van der Waals surface area (Å²) in [5.41, 5.74) is 0.374. The van der Waals surface area contributed by atoms with Gasteiger partial charge in [0, 0.05) is 24.1 Å². The molecule has 138 valence electrons. The van der Waals surface area contributed by atoms with Crippen LogP contribution in [0.5, 0.6) is 0 Å². The molecular formula is C18H19F2N3O2S. The van der Waals surface area contributed by atoms with Crippen LogP contribution in [0.25, 0.3) is 0 Å². The lowest BCUT2D eigenvalue weighted by Crippen LogP contribution is -2.29. The third-order valence-electron chi connectivity index (χ3n) is 3.22. The minimum Gasteiger partial charge on any atom is -0.338 e. The first-order valence-electron chi connectivity index (χ1n) is 7.94. The van der Waals surface area contributed by atoms with Gasteiger partial charge in [-0.2, -0.15) is 0 Å². The molecule has 0 aliphatic carbocycles. The average molecular weight is 379 g/mol. The van der Waals surface area contributed by atoms with Gasteiger partial charge in [0.1, 0.15) is 11.6 Å². The van der Waals surface area contributed by atoms with Gasteiger partial charge in [-0.25, -0.2) is 13.6 Å². The maximum atomic E-state index is 13.6. The molecule has 0 aromatic heterocycles. The number of halogens is 2. The molecule has 0 radical (unpaired) electrons. The second kappa shape index (κ2) is 9.76. The van der Waals surface area contributed by atoms with Gasteiger partial charge in [0.05, 0.1) is 5.69 Å². The van der Waals surface area contributed by atoms with Crippen LogP contribution in [0.3, 0.4) is 0 Å². The minimum atomic E-state index is -0.580. The fraction of sp³-hybridized carbons (Fsp3) is 0.222. The first kappa shape index (κ1) is 19.7. The van der Waals surface area contributed by atoms with Crippen molar-refractivity contribution in [2.45, 2.75) is 18.2 Å². The highest BCUT2D eigenvalue weighted by atomic mass is 32.2. The molecular weight excluding hydrogens is 360 g/mol. The fourth-order valence-corrected chi connectivity index (χ4v) is 2.91. The standard InChI is InChI=1S/C18H19F2N3O2S/c1-12(24)22-17-11-14(5-8-16(17)20)23-18(25)21-9-2-10-26-15-6-3-13(19)4-7-15/h3-8,11H,2,9-10H2,1H3,(H,22,24)(H2,21,23,25). The van der Waals surface area contributed by atoms with E-state index in [1.54, 1.807) is 23.9 Å². The quantitative estimate of drug-likeness (QED) is 0.498. The van der Waals surface area contributed by atoms with Gasteiger partial charge in [-0.05, 0) is 54.6 Å². The second-order valence-corrected chi connectivity index (χ2v) is 6.58. The monoisotopic (exact) mass is 379 g/mol. The molecule has 0 aliphatic rings. The SMILES string of the molecule is CC(=O)Nc1cc(NC(=O)NCCCSc2ccc(F)cc2)ccc1F. The van der Waals surface area contributed by atoms with E-state index < -0.39 is 17.8 Å². The van der Waals surface area contributed by atoms with Crippen molar-refractivity contribution in [3.05, 3.63) is 54.1 Å². The lowest BCUT2D eigenvalue weighted by Gasteiger charge is -2.10. The van der Waals surface area contributed by atoms with Gasteiger partial charge in [0.15, 0.2) is 0 Å². The number of hydrogen-bond acceptors (Lipinski definition) is 3. The zero-order valence-corrected chi connectivity index (χ0v) is 15.0. The Balaban J connectivity index is 1.71. The van der Waals surface area contributed by atoms with E-state index in [1.165, 1.54) is 37.3 Å². The highest BCUT2D eigenvalue weighted by molar-refractivity contribution is 7.99. The number of urea groups is 1. The third kappa shape index (κ3) is 6.72. The first-order chi connectivity index (χ1) is 12.4. The second-order valence-electron chi connectivity index (χ2n) is 5.41. The van der Waals surface area contributed by atoms with Gasteiger partial charge in [0.25, 0.3) is 0 Å². The van der Waals surface area contributed by atoms with Crippen molar-refractivity contribution in [1.82, 2.24) is 5.32 Å². The average Bonchev–Trinajstić information content (AvgIpc) is 2.59. The zero-order chi connectivity index (χ0) is 18.9. The van der Waals surface area contributed by atoms with E-state index in [-0.39, 0.29) is 11.5 Å². The van der Waals surface area contributed by atoms with E-state index >= 15 is 0 Å². The Labute approximate surface area is 154 Å². The molecule has 2 aromatic rings.